The molecule has 0 aliphatic carbocycles. The second kappa shape index (κ2) is 9.38. The van der Waals surface area contributed by atoms with E-state index in [2.05, 4.69) is 16.0 Å². The van der Waals surface area contributed by atoms with Crippen LogP contribution in [0, 0.1) is 6.92 Å². The van der Waals surface area contributed by atoms with Crippen molar-refractivity contribution in [3.63, 3.8) is 0 Å². The van der Waals surface area contributed by atoms with Crippen molar-refractivity contribution in [1.29, 1.82) is 0 Å². The molecular formula is C20H24N4O3. The Morgan fingerprint density at radius 2 is 1.63 bits per heavy atom. The van der Waals surface area contributed by atoms with Crippen molar-refractivity contribution in [3.8, 4) is 0 Å². The lowest BCUT2D eigenvalue weighted by molar-refractivity contribution is -0.122. The molecule has 2 aromatic rings. The maximum Gasteiger partial charge on any atom is 0.316 e. The molecule has 1 atom stereocenters. The number of hydrogen-bond donors (Lipinski definition) is 4. The van der Waals surface area contributed by atoms with Crippen LogP contribution in [0.5, 0.6) is 0 Å². The fraction of sp³-hybridized carbons (Fsp3) is 0.250. The van der Waals surface area contributed by atoms with Gasteiger partial charge in [0.2, 0.25) is 11.8 Å². The van der Waals surface area contributed by atoms with Crippen molar-refractivity contribution < 1.29 is 14.4 Å². The Hall–Kier alpha value is -3.35. The number of nitrogens with one attached hydrogen (secondary N) is 3. The van der Waals surface area contributed by atoms with Crippen LogP contribution in [0.15, 0.2) is 48.5 Å². The number of primary amides is 1. The highest BCUT2D eigenvalue weighted by Crippen LogP contribution is 2.18. The molecule has 5 N–H and O–H groups in total. The van der Waals surface area contributed by atoms with Gasteiger partial charge in [0.05, 0.1) is 12.5 Å². The first-order chi connectivity index (χ1) is 12.8. The zero-order chi connectivity index (χ0) is 19.8. The third kappa shape index (κ3) is 6.81. The van der Waals surface area contributed by atoms with Crippen LogP contribution < -0.4 is 21.7 Å². The van der Waals surface area contributed by atoms with Gasteiger partial charge in [-0.25, -0.2) is 4.79 Å². The van der Waals surface area contributed by atoms with Crippen molar-refractivity contribution in [1.82, 2.24) is 10.6 Å². The lowest BCUT2D eigenvalue weighted by Crippen LogP contribution is -2.32. The average molecular weight is 368 g/mol. The van der Waals surface area contributed by atoms with E-state index in [4.69, 9.17) is 5.73 Å². The lowest BCUT2D eigenvalue weighted by atomic mass is 10.0. The van der Waals surface area contributed by atoms with Crippen molar-refractivity contribution in [3.05, 3.63) is 65.2 Å². The maximum atomic E-state index is 12.3. The molecule has 2 aromatic carbocycles. The molecule has 7 nitrogen and oxygen atoms in total. The summed E-state index contributed by atoms with van der Waals surface area (Å²) in [6.45, 7) is 3.76. The molecule has 4 amide bonds. The van der Waals surface area contributed by atoms with Crippen molar-refractivity contribution in [2.75, 3.05) is 5.32 Å². The van der Waals surface area contributed by atoms with Crippen molar-refractivity contribution >= 4 is 23.5 Å². The summed E-state index contributed by atoms with van der Waals surface area (Å²) in [6, 6.07) is 13.7. The van der Waals surface area contributed by atoms with Crippen LogP contribution in [0.3, 0.4) is 0 Å². The molecule has 2 rings (SSSR count). The van der Waals surface area contributed by atoms with Crippen LogP contribution in [0.25, 0.3) is 0 Å². The van der Waals surface area contributed by atoms with E-state index in [0.717, 1.165) is 16.7 Å². The van der Waals surface area contributed by atoms with Gasteiger partial charge in [-0.3, -0.25) is 9.59 Å². The van der Waals surface area contributed by atoms with E-state index >= 15 is 0 Å². The molecule has 0 unspecified atom stereocenters. The number of anilines is 1. The number of amides is 4. The molecule has 0 aliphatic heterocycles. The van der Waals surface area contributed by atoms with E-state index in [1.165, 1.54) is 6.92 Å². The number of aryl methyl sites for hydroxylation is 1. The Labute approximate surface area is 158 Å². The highest BCUT2D eigenvalue weighted by Gasteiger charge is 2.17. The topological polar surface area (TPSA) is 113 Å². The van der Waals surface area contributed by atoms with E-state index in [-0.39, 0.29) is 24.3 Å². The molecule has 7 heteroatoms. The molecule has 142 valence electrons. The van der Waals surface area contributed by atoms with Gasteiger partial charge in [0, 0.05) is 19.2 Å². The molecule has 0 fully saturated rings. The lowest BCUT2D eigenvalue weighted by Gasteiger charge is -2.18. The number of hydrogen-bond acceptors (Lipinski definition) is 3. The Kier molecular flexibility index (Phi) is 6.93. The van der Waals surface area contributed by atoms with E-state index in [1.807, 2.05) is 31.2 Å². The van der Waals surface area contributed by atoms with E-state index < -0.39 is 6.03 Å². The first-order valence-corrected chi connectivity index (χ1v) is 8.59. The first kappa shape index (κ1) is 20.0. The molecule has 0 aliphatic rings. The second-order valence-corrected chi connectivity index (χ2v) is 6.33. The number of nitrogens with two attached hydrogens (primary N) is 1. The predicted molar refractivity (Wildman–Crippen MR) is 104 cm³/mol. The molecule has 0 saturated heterocycles. The monoisotopic (exact) mass is 368 g/mol. The van der Waals surface area contributed by atoms with Crippen LogP contribution in [-0.2, 0) is 16.1 Å². The van der Waals surface area contributed by atoms with E-state index in [1.54, 1.807) is 24.3 Å². The summed E-state index contributed by atoms with van der Waals surface area (Å²) >= 11 is 0. The SMILES string of the molecule is CC(=O)N[C@@H](CC(=O)NCc1ccc(NC(N)=O)cc1)c1ccc(C)cc1. The van der Waals surface area contributed by atoms with Gasteiger partial charge in [-0.05, 0) is 30.2 Å². The molecule has 0 radical (unpaired) electrons. The normalized spacial score (nSPS) is 11.3. The fourth-order valence-corrected chi connectivity index (χ4v) is 2.60. The summed E-state index contributed by atoms with van der Waals surface area (Å²) in [6.07, 6.45) is 0.143. The molecule has 0 heterocycles. The van der Waals surface area contributed by atoms with Crippen molar-refractivity contribution in [2.24, 2.45) is 5.73 Å². The Bertz CT molecular complexity index is 801. The summed E-state index contributed by atoms with van der Waals surface area (Å²) in [5.41, 5.74) is 8.52. The molecular weight excluding hydrogens is 344 g/mol. The fourth-order valence-electron chi connectivity index (χ4n) is 2.60. The minimum Gasteiger partial charge on any atom is -0.352 e. The summed E-state index contributed by atoms with van der Waals surface area (Å²) in [5, 5.41) is 8.13. The van der Waals surface area contributed by atoms with Gasteiger partial charge in [0.25, 0.3) is 0 Å². The molecule has 27 heavy (non-hydrogen) atoms. The van der Waals surface area contributed by atoms with Crippen LogP contribution >= 0.6 is 0 Å². The standard InChI is InChI=1S/C20H24N4O3/c1-13-3-7-16(8-4-13)18(23-14(2)25)11-19(26)22-12-15-5-9-17(10-6-15)24-20(21)27/h3-10,18H,11-12H2,1-2H3,(H,22,26)(H,23,25)(H3,21,24,27)/t18-/m0/s1. The van der Waals surface area contributed by atoms with Crippen LogP contribution in [0.1, 0.15) is 36.1 Å². The quantitative estimate of drug-likeness (QED) is 0.601. The summed E-state index contributed by atoms with van der Waals surface area (Å²) in [4.78, 5) is 34.6. The molecule has 0 saturated carbocycles. The van der Waals surface area contributed by atoms with Gasteiger partial charge >= 0.3 is 6.03 Å². The third-order valence-electron chi connectivity index (χ3n) is 3.96. The minimum atomic E-state index is -0.629. The van der Waals surface area contributed by atoms with Gasteiger partial charge in [-0.1, -0.05) is 42.0 Å². The molecule has 0 spiro atoms. The summed E-state index contributed by atoms with van der Waals surface area (Å²) < 4.78 is 0. The maximum absolute atomic E-state index is 12.3. The van der Waals surface area contributed by atoms with Crippen LogP contribution in [-0.4, -0.2) is 17.8 Å². The number of carbonyl (C=O) groups excluding carboxylic acids is 3. The Morgan fingerprint density at radius 1 is 1.00 bits per heavy atom. The molecule has 0 aromatic heterocycles. The largest absolute Gasteiger partial charge is 0.352 e. The summed E-state index contributed by atoms with van der Waals surface area (Å²) in [5.74, 6) is -0.362. The van der Waals surface area contributed by atoms with Crippen molar-refractivity contribution in [2.45, 2.75) is 32.9 Å². The molecule has 0 bridgehead atoms. The first-order valence-electron chi connectivity index (χ1n) is 8.59. The smallest absolute Gasteiger partial charge is 0.316 e. The second-order valence-electron chi connectivity index (χ2n) is 6.33. The van der Waals surface area contributed by atoms with Crippen LogP contribution in [0.4, 0.5) is 10.5 Å². The minimum absolute atomic E-state index is 0.143. The highest BCUT2D eigenvalue weighted by atomic mass is 16.2. The summed E-state index contributed by atoms with van der Waals surface area (Å²) in [7, 11) is 0. The third-order valence-corrected chi connectivity index (χ3v) is 3.96. The van der Waals surface area contributed by atoms with E-state index in [9.17, 15) is 14.4 Å². The van der Waals surface area contributed by atoms with Crippen LogP contribution in [0.2, 0.25) is 0 Å². The van der Waals surface area contributed by atoms with Gasteiger partial charge in [0.15, 0.2) is 0 Å². The number of benzene rings is 2. The predicted octanol–water partition coefficient (Wildman–Crippen LogP) is 2.37. The number of rotatable bonds is 7. The Balaban J connectivity index is 1.94. The number of carbonyl (C=O) groups is 3. The van der Waals surface area contributed by atoms with E-state index in [0.29, 0.717) is 12.2 Å². The highest BCUT2D eigenvalue weighted by molar-refractivity contribution is 5.87. The van der Waals surface area contributed by atoms with Gasteiger partial charge in [-0.15, -0.1) is 0 Å². The average Bonchev–Trinajstić information content (AvgIpc) is 2.60. The zero-order valence-electron chi connectivity index (χ0n) is 15.4. The number of urea groups is 1. The zero-order valence-corrected chi connectivity index (χ0v) is 15.4. The van der Waals surface area contributed by atoms with Gasteiger partial charge < -0.3 is 21.7 Å². The Morgan fingerprint density at radius 3 is 2.19 bits per heavy atom. The van der Waals surface area contributed by atoms with Gasteiger partial charge in [-0.2, -0.15) is 0 Å². The van der Waals surface area contributed by atoms with Gasteiger partial charge in [0.1, 0.15) is 0 Å².